The number of carbonyl (C=O) groups is 1. The molecule has 1 aliphatic heterocycles. The van der Waals surface area contributed by atoms with E-state index in [2.05, 4.69) is 57.3 Å². The second-order valence-corrected chi connectivity index (χ2v) is 7.28. The normalized spacial score (nSPS) is 22.3. The van der Waals surface area contributed by atoms with Crippen molar-refractivity contribution in [3.05, 3.63) is 35.4 Å². The highest BCUT2D eigenvalue weighted by atomic mass is 16.2. The van der Waals surface area contributed by atoms with Crippen LogP contribution in [0.15, 0.2) is 24.3 Å². The number of carbonyl (C=O) groups excluding carboxylic acids is 1. The highest BCUT2D eigenvalue weighted by Crippen LogP contribution is 2.23. The number of benzene rings is 1. The highest BCUT2D eigenvalue weighted by Gasteiger charge is 2.31. The molecule has 0 aliphatic carbocycles. The average molecular weight is 288 g/mol. The summed E-state index contributed by atoms with van der Waals surface area (Å²) in [5.74, 6) is 0.385. The second-order valence-electron chi connectivity index (χ2n) is 7.28. The van der Waals surface area contributed by atoms with E-state index in [1.807, 2.05) is 11.9 Å². The van der Waals surface area contributed by atoms with Crippen LogP contribution < -0.4 is 5.32 Å². The van der Waals surface area contributed by atoms with Gasteiger partial charge in [-0.3, -0.25) is 4.79 Å². The Labute approximate surface area is 128 Å². The smallest absolute Gasteiger partial charge is 0.227 e. The van der Waals surface area contributed by atoms with Gasteiger partial charge in [0.1, 0.15) is 0 Å². The van der Waals surface area contributed by atoms with Gasteiger partial charge in [0.15, 0.2) is 0 Å². The molecule has 2 rings (SSSR count). The number of nitrogens with one attached hydrogen (secondary N) is 1. The van der Waals surface area contributed by atoms with Crippen molar-refractivity contribution in [2.75, 3.05) is 13.6 Å². The van der Waals surface area contributed by atoms with Crippen molar-refractivity contribution in [2.45, 2.75) is 52.1 Å². The molecule has 0 radical (unpaired) electrons. The predicted octanol–water partition coefficient (Wildman–Crippen LogP) is 2.94. The average Bonchev–Trinajstić information content (AvgIpc) is 2.83. The van der Waals surface area contributed by atoms with E-state index in [4.69, 9.17) is 0 Å². The fourth-order valence-corrected chi connectivity index (χ4v) is 2.94. The molecule has 2 unspecified atom stereocenters. The molecule has 3 heteroatoms. The van der Waals surface area contributed by atoms with Crippen molar-refractivity contribution >= 4 is 5.91 Å². The monoisotopic (exact) mass is 288 g/mol. The van der Waals surface area contributed by atoms with Crippen LogP contribution in [-0.2, 0) is 16.8 Å². The Morgan fingerprint density at radius 3 is 2.38 bits per heavy atom. The molecule has 1 fully saturated rings. The number of hydrogen-bond donors (Lipinski definition) is 1. The van der Waals surface area contributed by atoms with Gasteiger partial charge in [-0.15, -0.1) is 0 Å². The largest absolute Gasteiger partial charge is 0.341 e. The fraction of sp³-hybridized carbons (Fsp3) is 0.611. The molecule has 0 spiro atoms. The van der Waals surface area contributed by atoms with Crippen LogP contribution in [0.5, 0.6) is 0 Å². The summed E-state index contributed by atoms with van der Waals surface area (Å²) in [5.41, 5.74) is 2.69. The highest BCUT2D eigenvalue weighted by molar-refractivity contribution is 5.79. The van der Waals surface area contributed by atoms with Crippen LogP contribution in [0.3, 0.4) is 0 Å². The van der Waals surface area contributed by atoms with Gasteiger partial charge in [0.25, 0.3) is 0 Å². The van der Waals surface area contributed by atoms with Crippen molar-refractivity contribution in [2.24, 2.45) is 5.92 Å². The summed E-state index contributed by atoms with van der Waals surface area (Å²) >= 11 is 0. The number of rotatable bonds is 3. The molecule has 21 heavy (non-hydrogen) atoms. The summed E-state index contributed by atoms with van der Waals surface area (Å²) in [6.45, 7) is 10.4. The van der Waals surface area contributed by atoms with Crippen molar-refractivity contribution in [3.8, 4) is 0 Å². The summed E-state index contributed by atoms with van der Waals surface area (Å²) in [7, 11) is 1.91. The predicted molar refractivity (Wildman–Crippen MR) is 87.2 cm³/mol. The van der Waals surface area contributed by atoms with E-state index in [9.17, 15) is 4.79 Å². The maximum Gasteiger partial charge on any atom is 0.227 e. The lowest BCUT2D eigenvalue weighted by molar-refractivity contribution is -0.134. The fourth-order valence-electron chi connectivity index (χ4n) is 2.94. The molecule has 2 atom stereocenters. The third-order valence-corrected chi connectivity index (χ3v) is 4.46. The van der Waals surface area contributed by atoms with Crippen LogP contribution in [0, 0.1) is 5.92 Å². The topological polar surface area (TPSA) is 32.3 Å². The van der Waals surface area contributed by atoms with Gasteiger partial charge in [0.05, 0.1) is 5.92 Å². The second kappa shape index (κ2) is 6.18. The molecule has 0 saturated carbocycles. The number of nitrogens with zero attached hydrogens (tertiary/aromatic N) is 1. The van der Waals surface area contributed by atoms with Gasteiger partial charge in [0.2, 0.25) is 5.91 Å². The zero-order valence-corrected chi connectivity index (χ0v) is 13.9. The first-order chi connectivity index (χ1) is 9.79. The van der Waals surface area contributed by atoms with E-state index in [-0.39, 0.29) is 17.2 Å². The molecule has 1 heterocycles. The third kappa shape index (κ3) is 3.85. The summed E-state index contributed by atoms with van der Waals surface area (Å²) in [6.07, 6.45) is 0.952. The quantitative estimate of drug-likeness (QED) is 0.927. The Balaban J connectivity index is 1.99. The maximum atomic E-state index is 12.5. The van der Waals surface area contributed by atoms with Crippen LogP contribution in [0.1, 0.15) is 45.2 Å². The van der Waals surface area contributed by atoms with Crippen LogP contribution >= 0.6 is 0 Å². The van der Waals surface area contributed by atoms with E-state index >= 15 is 0 Å². The summed E-state index contributed by atoms with van der Waals surface area (Å²) in [6, 6.07) is 8.92. The Morgan fingerprint density at radius 2 is 1.90 bits per heavy atom. The molecule has 0 aromatic heterocycles. The first kappa shape index (κ1) is 16.0. The lowest BCUT2D eigenvalue weighted by Crippen LogP contribution is -2.37. The molecule has 1 aromatic carbocycles. The van der Waals surface area contributed by atoms with Gasteiger partial charge >= 0.3 is 0 Å². The first-order valence-corrected chi connectivity index (χ1v) is 7.87. The van der Waals surface area contributed by atoms with Crippen LogP contribution in [-0.4, -0.2) is 30.4 Å². The summed E-state index contributed by atoms with van der Waals surface area (Å²) in [5, 5.41) is 3.35. The van der Waals surface area contributed by atoms with E-state index in [1.165, 1.54) is 11.1 Å². The Kier molecular flexibility index (Phi) is 4.72. The minimum absolute atomic E-state index is 0.129. The maximum absolute atomic E-state index is 12.5. The van der Waals surface area contributed by atoms with E-state index in [1.54, 1.807) is 0 Å². The molecule has 1 saturated heterocycles. The van der Waals surface area contributed by atoms with Gasteiger partial charge in [-0.05, 0) is 36.4 Å². The SMILES string of the molecule is CC1NCCC1C(=O)N(C)Cc1ccc(C(C)(C)C)cc1. The zero-order chi connectivity index (χ0) is 15.6. The van der Waals surface area contributed by atoms with Gasteiger partial charge < -0.3 is 10.2 Å². The van der Waals surface area contributed by atoms with Crippen molar-refractivity contribution in [1.29, 1.82) is 0 Å². The van der Waals surface area contributed by atoms with Gasteiger partial charge in [-0.2, -0.15) is 0 Å². The number of hydrogen-bond acceptors (Lipinski definition) is 2. The molecular weight excluding hydrogens is 260 g/mol. The molecular formula is C18H28N2O. The Morgan fingerprint density at radius 1 is 1.29 bits per heavy atom. The molecule has 1 amide bonds. The van der Waals surface area contributed by atoms with Crippen molar-refractivity contribution in [3.63, 3.8) is 0 Å². The summed E-state index contributed by atoms with van der Waals surface area (Å²) in [4.78, 5) is 14.3. The van der Waals surface area contributed by atoms with E-state index in [0.717, 1.165) is 13.0 Å². The minimum Gasteiger partial charge on any atom is -0.341 e. The van der Waals surface area contributed by atoms with Crippen molar-refractivity contribution in [1.82, 2.24) is 10.2 Å². The van der Waals surface area contributed by atoms with Crippen molar-refractivity contribution < 1.29 is 4.79 Å². The first-order valence-electron chi connectivity index (χ1n) is 7.87. The Hall–Kier alpha value is -1.35. The van der Waals surface area contributed by atoms with E-state index < -0.39 is 0 Å². The molecule has 0 bridgehead atoms. The lowest BCUT2D eigenvalue weighted by atomic mass is 9.87. The zero-order valence-electron chi connectivity index (χ0n) is 13.9. The van der Waals surface area contributed by atoms with Crippen LogP contribution in [0.2, 0.25) is 0 Å². The van der Waals surface area contributed by atoms with Crippen LogP contribution in [0.4, 0.5) is 0 Å². The molecule has 1 aromatic rings. The molecule has 1 aliphatic rings. The van der Waals surface area contributed by atoms with Crippen LogP contribution in [0.25, 0.3) is 0 Å². The third-order valence-electron chi connectivity index (χ3n) is 4.46. The molecule has 3 nitrogen and oxygen atoms in total. The summed E-state index contributed by atoms with van der Waals surface area (Å²) < 4.78 is 0. The van der Waals surface area contributed by atoms with E-state index in [0.29, 0.717) is 12.6 Å². The lowest BCUT2D eigenvalue weighted by Gasteiger charge is -2.24. The van der Waals surface area contributed by atoms with Gasteiger partial charge in [-0.1, -0.05) is 45.0 Å². The standard InChI is InChI=1S/C18H28N2O/c1-13-16(10-11-19-13)17(21)20(5)12-14-6-8-15(9-7-14)18(2,3)4/h6-9,13,16,19H,10-12H2,1-5H3. The van der Waals surface area contributed by atoms with Gasteiger partial charge in [-0.25, -0.2) is 0 Å². The molecule has 1 N–H and O–H groups in total. The Bertz CT molecular complexity index is 487. The van der Waals surface area contributed by atoms with Gasteiger partial charge in [0, 0.05) is 19.6 Å². The number of amides is 1. The molecule has 116 valence electrons. The minimum atomic E-state index is 0.129.